The minimum atomic E-state index is -1.41. The Hall–Kier alpha value is -1.18. The number of aliphatic hydroxyl groups excluding tert-OH is 1. The van der Waals surface area contributed by atoms with Gasteiger partial charge in [0.25, 0.3) is 0 Å². The summed E-state index contributed by atoms with van der Waals surface area (Å²) < 4.78 is 17.7. The van der Waals surface area contributed by atoms with E-state index in [0.29, 0.717) is 19.3 Å². The van der Waals surface area contributed by atoms with Crippen molar-refractivity contribution in [2.45, 2.75) is 82.4 Å². The lowest BCUT2D eigenvalue weighted by Gasteiger charge is -2.43. The maximum Gasteiger partial charge on any atom is 0.341 e. The highest BCUT2D eigenvalue weighted by Gasteiger charge is 2.78. The van der Waals surface area contributed by atoms with Crippen LogP contribution in [-0.2, 0) is 23.8 Å². The first-order valence-corrected chi connectivity index (χ1v) is 10.1. The number of hydrogen-bond donors (Lipinski definition) is 2. The van der Waals surface area contributed by atoms with Gasteiger partial charge in [0.2, 0.25) is 0 Å². The molecule has 2 aliphatic heterocycles. The Balaban J connectivity index is 1.74. The van der Waals surface area contributed by atoms with Gasteiger partial charge in [-0.15, -0.1) is 0 Å². The summed E-state index contributed by atoms with van der Waals surface area (Å²) in [6, 6.07) is 0. The first-order valence-electron chi connectivity index (χ1n) is 10.1. The summed E-state index contributed by atoms with van der Waals surface area (Å²) in [6.07, 6.45) is 1.15. The zero-order valence-electron chi connectivity index (χ0n) is 16.4. The summed E-state index contributed by atoms with van der Waals surface area (Å²) in [7, 11) is 0. The summed E-state index contributed by atoms with van der Waals surface area (Å²) in [5.41, 5.74) is -3.72. The van der Waals surface area contributed by atoms with Gasteiger partial charge in [-0.1, -0.05) is 20.8 Å². The molecule has 4 aliphatic rings. The Bertz CT molecular complexity index is 661. The van der Waals surface area contributed by atoms with E-state index >= 15 is 0 Å². The molecule has 152 valence electrons. The Labute approximate surface area is 159 Å². The molecule has 0 unspecified atom stereocenters. The summed E-state index contributed by atoms with van der Waals surface area (Å²) in [4.78, 5) is 25.0. The van der Waals surface area contributed by atoms with Crippen LogP contribution in [0.2, 0.25) is 0 Å². The molecule has 4 fully saturated rings. The van der Waals surface area contributed by atoms with E-state index < -0.39 is 35.5 Å². The molecule has 2 N–H and O–H groups in total. The van der Waals surface area contributed by atoms with E-state index in [-0.39, 0.29) is 42.2 Å². The van der Waals surface area contributed by atoms with Crippen molar-refractivity contribution in [3.05, 3.63) is 0 Å². The summed E-state index contributed by atoms with van der Waals surface area (Å²) in [6.45, 7) is 7.03. The monoisotopic (exact) mass is 382 g/mol. The topological polar surface area (TPSA) is 102 Å². The van der Waals surface area contributed by atoms with Gasteiger partial charge in [-0.2, -0.15) is 0 Å². The normalized spacial score (nSPS) is 51.5. The summed E-state index contributed by atoms with van der Waals surface area (Å²) >= 11 is 0. The molecule has 1 spiro atoms. The van der Waals surface area contributed by atoms with Gasteiger partial charge in [-0.05, 0) is 32.1 Å². The van der Waals surface area contributed by atoms with Crippen LogP contribution in [0.25, 0.3) is 0 Å². The van der Waals surface area contributed by atoms with Gasteiger partial charge in [0.15, 0.2) is 5.60 Å². The van der Waals surface area contributed by atoms with Crippen molar-refractivity contribution in [1.82, 2.24) is 0 Å². The second kappa shape index (κ2) is 5.91. The van der Waals surface area contributed by atoms with Gasteiger partial charge < -0.3 is 24.4 Å². The maximum atomic E-state index is 12.6. The second-order valence-corrected chi connectivity index (χ2v) is 9.29. The molecule has 2 aliphatic carbocycles. The fourth-order valence-electron chi connectivity index (χ4n) is 6.08. The van der Waals surface area contributed by atoms with Crippen molar-refractivity contribution >= 4 is 11.9 Å². The van der Waals surface area contributed by atoms with Gasteiger partial charge in [-0.3, -0.25) is 4.79 Å². The second-order valence-electron chi connectivity index (χ2n) is 9.29. The average Bonchev–Trinajstić information content (AvgIpc) is 3.12. The van der Waals surface area contributed by atoms with E-state index in [0.717, 1.165) is 0 Å². The van der Waals surface area contributed by atoms with Crippen LogP contribution >= 0.6 is 0 Å². The van der Waals surface area contributed by atoms with Crippen LogP contribution in [-0.4, -0.2) is 57.8 Å². The van der Waals surface area contributed by atoms with Crippen LogP contribution in [0, 0.1) is 23.7 Å². The smallest absolute Gasteiger partial charge is 0.341 e. The molecule has 4 rings (SSSR count). The number of rotatable bonds is 4. The fraction of sp³-hybridized carbons (Fsp3) is 0.900. The van der Waals surface area contributed by atoms with Crippen LogP contribution in [0.3, 0.4) is 0 Å². The predicted molar refractivity (Wildman–Crippen MR) is 93.5 cm³/mol. The van der Waals surface area contributed by atoms with E-state index in [9.17, 15) is 19.8 Å². The summed E-state index contributed by atoms with van der Waals surface area (Å²) in [5.74, 6) is -1.54. The number of ether oxygens (including phenoxy) is 3. The molecular formula is C20H30O7. The molecule has 2 heterocycles. The SMILES string of the molecule is CC[C@@H](C)C(=O)O[C@H]1C[C@@](C)(O)[C@@]23C[C@H]4[C@@H](C[C@@H](C)[C@H]12)OC(=O)[C@@]4(CO)O3. The molecule has 0 amide bonds. The number of carbonyl (C=O) groups excluding carboxylic acids is 2. The average molecular weight is 382 g/mol. The van der Waals surface area contributed by atoms with E-state index in [1.807, 2.05) is 20.8 Å². The number of esters is 2. The number of aliphatic hydroxyl groups is 2. The molecule has 0 aromatic carbocycles. The molecule has 27 heavy (non-hydrogen) atoms. The van der Waals surface area contributed by atoms with E-state index in [2.05, 4.69) is 0 Å². The zero-order valence-corrected chi connectivity index (χ0v) is 16.4. The molecule has 2 bridgehead atoms. The predicted octanol–water partition coefficient (Wildman–Crippen LogP) is 1.19. The van der Waals surface area contributed by atoms with Crippen molar-refractivity contribution in [3.8, 4) is 0 Å². The third kappa shape index (κ3) is 2.31. The maximum absolute atomic E-state index is 12.6. The largest absolute Gasteiger partial charge is 0.462 e. The van der Waals surface area contributed by atoms with Gasteiger partial charge >= 0.3 is 11.9 Å². The van der Waals surface area contributed by atoms with Crippen molar-refractivity contribution < 1.29 is 34.0 Å². The molecule has 0 aromatic heterocycles. The first-order chi connectivity index (χ1) is 12.6. The lowest BCUT2D eigenvalue weighted by molar-refractivity contribution is -0.220. The van der Waals surface area contributed by atoms with Crippen molar-refractivity contribution in [1.29, 1.82) is 0 Å². The molecule has 2 saturated carbocycles. The quantitative estimate of drug-likeness (QED) is 0.704. The molecule has 7 heteroatoms. The fourth-order valence-corrected chi connectivity index (χ4v) is 6.08. The molecular weight excluding hydrogens is 352 g/mol. The van der Waals surface area contributed by atoms with Gasteiger partial charge in [0.1, 0.15) is 17.8 Å². The van der Waals surface area contributed by atoms with Crippen molar-refractivity contribution in [3.63, 3.8) is 0 Å². The van der Waals surface area contributed by atoms with Crippen LogP contribution in [0.5, 0.6) is 0 Å². The van der Waals surface area contributed by atoms with Crippen LogP contribution in [0.4, 0.5) is 0 Å². The highest BCUT2D eigenvalue weighted by molar-refractivity contribution is 5.83. The minimum absolute atomic E-state index is 0.0336. The van der Waals surface area contributed by atoms with Gasteiger partial charge in [0.05, 0.1) is 18.1 Å². The molecule has 2 saturated heterocycles. The minimum Gasteiger partial charge on any atom is -0.462 e. The molecule has 7 nitrogen and oxygen atoms in total. The lowest BCUT2D eigenvalue weighted by atomic mass is 9.74. The molecule has 9 atom stereocenters. The summed E-state index contributed by atoms with van der Waals surface area (Å²) in [5, 5.41) is 21.4. The number of carbonyl (C=O) groups is 2. The first kappa shape index (κ1) is 19.2. The standard InChI is InChI=1S/C20H30O7/c1-5-10(2)16(22)25-14-8-18(4,24)20-7-12-13(6-11(3)15(14)20)26-17(23)19(12,9-21)27-20/h10-15,21,24H,5-9H2,1-4H3/t10-,11-,12+,13-,14+,15-,18-,19+,20-/m1/s1. The van der Waals surface area contributed by atoms with Crippen molar-refractivity contribution in [2.75, 3.05) is 6.61 Å². The molecule has 0 aromatic rings. The van der Waals surface area contributed by atoms with E-state index in [4.69, 9.17) is 14.2 Å². The van der Waals surface area contributed by atoms with E-state index in [1.54, 1.807) is 6.92 Å². The van der Waals surface area contributed by atoms with Gasteiger partial charge in [-0.25, -0.2) is 4.79 Å². The Kier molecular flexibility index (Phi) is 4.19. The Morgan fingerprint density at radius 1 is 1.41 bits per heavy atom. The van der Waals surface area contributed by atoms with E-state index in [1.165, 1.54) is 0 Å². The molecule has 0 radical (unpaired) electrons. The van der Waals surface area contributed by atoms with Crippen LogP contribution in [0.15, 0.2) is 0 Å². The Morgan fingerprint density at radius 2 is 2.11 bits per heavy atom. The highest BCUT2D eigenvalue weighted by atomic mass is 16.6. The zero-order chi connectivity index (χ0) is 19.8. The van der Waals surface area contributed by atoms with Gasteiger partial charge in [0, 0.05) is 18.3 Å². The lowest BCUT2D eigenvalue weighted by Crippen LogP contribution is -2.56. The van der Waals surface area contributed by atoms with Crippen molar-refractivity contribution in [2.24, 2.45) is 23.7 Å². The third-order valence-electron chi connectivity index (χ3n) is 7.72. The highest BCUT2D eigenvalue weighted by Crippen LogP contribution is 2.65. The number of hydrogen-bond acceptors (Lipinski definition) is 7. The third-order valence-corrected chi connectivity index (χ3v) is 7.72. The Morgan fingerprint density at radius 3 is 2.74 bits per heavy atom. The van der Waals surface area contributed by atoms with Crippen LogP contribution < -0.4 is 0 Å². The van der Waals surface area contributed by atoms with Crippen LogP contribution in [0.1, 0.15) is 53.4 Å².